The van der Waals surface area contributed by atoms with Gasteiger partial charge in [-0.3, -0.25) is 0 Å². The number of aliphatic hydroxyl groups excluding tert-OH is 1. The summed E-state index contributed by atoms with van der Waals surface area (Å²) in [6.45, 7) is 0.134. The number of rotatable bonds is 2. The van der Waals surface area contributed by atoms with Crippen LogP contribution in [0, 0.1) is 3.57 Å². The summed E-state index contributed by atoms with van der Waals surface area (Å²) in [5, 5.41) is 12.4. The van der Waals surface area contributed by atoms with Crippen molar-refractivity contribution in [3.05, 3.63) is 26.6 Å². The van der Waals surface area contributed by atoms with Gasteiger partial charge in [0.1, 0.15) is 0 Å². The van der Waals surface area contributed by atoms with Gasteiger partial charge in [-0.15, -0.1) is 23.1 Å². The van der Waals surface area contributed by atoms with Crippen LogP contribution >= 0.6 is 45.7 Å². The van der Waals surface area contributed by atoms with Crippen molar-refractivity contribution in [1.29, 1.82) is 0 Å². The zero-order valence-electron chi connectivity index (χ0n) is 7.58. The Morgan fingerprint density at radius 1 is 1.50 bits per heavy atom. The van der Waals surface area contributed by atoms with Crippen LogP contribution in [0.15, 0.2) is 22.4 Å². The first kappa shape index (κ1) is 10.7. The Morgan fingerprint density at radius 2 is 2.29 bits per heavy atom. The maximum absolute atomic E-state index is 9.14. The fourth-order valence-corrected chi connectivity index (χ4v) is 4.03. The molecule has 0 saturated carbocycles. The molecule has 2 rings (SSSR count). The Balaban J connectivity index is 2.69. The van der Waals surface area contributed by atoms with Crippen molar-refractivity contribution in [2.24, 2.45) is 0 Å². The van der Waals surface area contributed by atoms with Gasteiger partial charge >= 0.3 is 0 Å². The molecule has 0 bridgehead atoms. The smallest absolute Gasteiger partial charge is 0.0696 e. The highest BCUT2D eigenvalue weighted by Crippen LogP contribution is 2.33. The van der Waals surface area contributed by atoms with Crippen molar-refractivity contribution < 1.29 is 5.11 Å². The van der Waals surface area contributed by atoms with Crippen molar-refractivity contribution >= 4 is 55.8 Å². The van der Waals surface area contributed by atoms with E-state index in [1.54, 1.807) is 23.1 Å². The van der Waals surface area contributed by atoms with Crippen molar-refractivity contribution in [1.82, 2.24) is 0 Å². The second-order valence-corrected chi connectivity index (χ2v) is 5.82. The fourth-order valence-electron chi connectivity index (χ4n) is 1.36. The number of hydrogen-bond acceptors (Lipinski definition) is 3. The largest absolute Gasteiger partial charge is 0.392 e. The monoisotopic (exact) mass is 336 g/mol. The number of hydrogen-bond donors (Lipinski definition) is 1. The van der Waals surface area contributed by atoms with E-state index in [2.05, 4.69) is 41.0 Å². The van der Waals surface area contributed by atoms with E-state index in [1.165, 1.54) is 18.6 Å². The second kappa shape index (κ2) is 4.38. The highest BCUT2D eigenvalue weighted by atomic mass is 127. The van der Waals surface area contributed by atoms with Crippen molar-refractivity contribution in [3.8, 4) is 0 Å². The van der Waals surface area contributed by atoms with Gasteiger partial charge < -0.3 is 5.11 Å². The summed E-state index contributed by atoms with van der Waals surface area (Å²) < 4.78 is 2.52. The fraction of sp³-hybridized carbons (Fsp3) is 0.200. The van der Waals surface area contributed by atoms with Gasteiger partial charge in [0, 0.05) is 13.2 Å². The van der Waals surface area contributed by atoms with Crippen molar-refractivity contribution in [2.45, 2.75) is 11.5 Å². The van der Waals surface area contributed by atoms with Crippen LogP contribution in [0.25, 0.3) is 10.1 Å². The van der Waals surface area contributed by atoms with E-state index in [1.807, 2.05) is 5.38 Å². The molecule has 0 spiro atoms. The zero-order chi connectivity index (χ0) is 10.1. The van der Waals surface area contributed by atoms with Gasteiger partial charge in [0.05, 0.1) is 6.61 Å². The van der Waals surface area contributed by atoms with Crippen LogP contribution < -0.4 is 0 Å². The first-order valence-electron chi connectivity index (χ1n) is 4.10. The van der Waals surface area contributed by atoms with Gasteiger partial charge in [-0.05, 0) is 57.3 Å². The van der Waals surface area contributed by atoms with Crippen LogP contribution in [0.2, 0.25) is 0 Å². The van der Waals surface area contributed by atoms with Crippen LogP contribution in [-0.4, -0.2) is 11.4 Å². The summed E-state index contributed by atoms with van der Waals surface area (Å²) in [5.41, 5.74) is 1.04. The zero-order valence-corrected chi connectivity index (χ0v) is 11.4. The van der Waals surface area contributed by atoms with Gasteiger partial charge in [0.2, 0.25) is 0 Å². The minimum absolute atomic E-state index is 0.134. The second-order valence-electron chi connectivity index (χ2n) is 2.90. The van der Waals surface area contributed by atoms with E-state index in [0.717, 1.165) is 5.56 Å². The van der Waals surface area contributed by atoms with Crippen molar-refractivity contribution in [3.63, 3.8) is 0 Å². The van der Waals surface area contributed by atoms with E-state index in [4.69, 9.17) is 5.11 Å². The molecule has 0 unspecified atom stereocenters. The summed E-state index contributed by atoms with van der Waals surface area (Å²) in [4.78, 5) is 1.31. The summed E-state index contributed by atoms with van der Waals surface area (Å²) in [6.07, 6.45) is 2.09. The molecule has 0 aliphatic heterocycles. The normalized spacial score (nSPS) is 11.1. The highest BCUT2D eigenvalue weighted by molar-refractivity contribution is 14.1. The molecule has 0 fully saturated rings. The topological polar surface area (TPSA) is 20.2 Å². The maximum Gasteiger partial charge on any atom is 0.0696 e. The average Bonchev–Trinajstić information content (AvgIpc) is 2.58. The van der Waals surface area contributed by atoms with Crippen molar-refractivity contribution in [2.75, 3.05) is 6.26 Å². The molecule has 74 valence electrons. The van der Waals surface area contributed by atoms with Gasteiger partial charge in [0.15, 0.2) is 0 Å². The van der Waals surface area contributed by atoms with Crippen LogP contribution in [0.5, 0.6) is 0 Å². The maximum atomic E-state index is 9.14. The number of thiophene rings is 1. The van der Waals surface area contributed by atoms with Crippen LogP contribution in [0.1, 0.15) is 5.56 Å². The first-order chi connectivity index (χ1) is 6.76. The third-order valence-electron chi connectivity index (χ3n) is 2.10. The molecule has 0 aliphatic carbocycles. The molecular weight excluding hydrogens is 327 g/mol. The van der Waals surface area contributed by atoms with E-state index in [9.17, 15) is 0 Å². The average molecular weight is 336 g/mol. The number of benzene rings is 1. The van der Waals surface area contributed by atoms with E-state index < -0.39 is 0 Å². The van der Waals surface area contributed by atoms with Crippen LogP contribution in [-0.2, 0) is 6.61 Å². The van der Waals surface area contributed by atoms with Gasteiger partial charge in [-0.25, -0.2) is 0 Å². The minimum Gasteiger partial charge on any atom is -0.392 e. The quantitative estimate of drug-likeness (QED) is 0.666. The highest BCUT2D eigenvalue weighted by Gasteiger charge is 2.06. The molecule has 4 heteroatoms. The Hall–Kier alpha value is 0.220. The standard InChI is InChI=1S/C10H9IOS2/c1-13-10-3-9-7(2-8(10)11)6(4-12)5-14-9/h2-3,5,12H,4H2,1H3. The molecule has 0 radical (unpaired) electrons. The van der Waals surface area contributed by atoms with Crippen LogP contribution in [0.3, 0.4) is 0 Å². The number of halogens is 1. The van der Waals surface area contributed by atoms with Gasteiger partial charge in [-0.2, -0.15) is 0 Å². The van der Waals surface area contributed by atoms with E-state index in [0.29, 0.717) is 0 Å². The molecule has 0 atom stereocenters. The van der Waals surface area contributed by atoms with E-state index in [-0.39, 0.29) is 6.61 Å². The lowest BCUT2D eigenvalue weighted by Gasteiger charge is -2.01. The summed E-state index contributed by atoms with van der Waals surface area (Å²) in [5.74, 6) is 0. The lowest BCUT2D eigenvalue weighted by molar-refractivity contribution is 0.284. The third-order valence-corrected chi connectivity index (χ3v) is 5.13. The summed E-state index contributed by atoms with van der Waals surface area (Å²) in [7, 11) is 0. The Labute approximate surface area is 105 Å². The Bertz CT molecular complexity index is 464. The minimum atomic E-state index is 0.134. The number of fused-ring (bicyclic) bond motifs is 1. The Kier molecular flexibility index (Phi) is 3.36. The molecular formula is C10H9IOS2. The molecule has 14 heavy (non-hydrogen) atoms. The summed E-state index contributed by atoms with van der Waals surface area (Å²) >= 11 is 5.81. The Morgan fingerprint density at radius 3 is 2.93 bits per heavy atom. The van der Waals surface area contributed by atoms with Gasteiger partial charge in [0.25, 0.3) is 0 Å². The molecule has 1 nitrogen and oxygen atoms in total. The van der Waals surface area contributed by atoms with Gasteiger partial charge in [-0.1, -0.05) is 0 Å². The molecule has 1 N–H and O–H groups in total. The molecule has 1 aromatic heterocycles. The molecule has 1 heterocycles. The number of thioether (sulfide) groups is 1. The SMILES string of the molecule is CSc1cc2scc(CO)c2cc1I. The predicted molar refractivity (Wildman–Crippen MR) is 72.2 cm³/mol. The molecule has 0 amide bonds. The first-order valence-corrected chi connectivity index (χ1v) is 7.29. The van der Waals surface area contributed by atoms with Crippen LogP contribution in [0.4, 0.5) is 0 Å². The summed E-state index contributed by atoms with van der Waals surface area (Å²) in [6, 6.07) is 4.36. The third kappa shape index (κ3) is 1.80. The lowest BCUT2D eigenvalue weighted by atomic mass is 10.2. The molecule has 0 saturated heterocycles. The predicted octanol–water partition coefficient (Wildman–Crippen LogP) is 3.72. The lowest BCUT2D eigenvalue weighted by Crippen LogP contribution is -1.82. The molecule has 0 aliphatic rings. The molecule has 1 aromatic carbocycles. The van der Waals surface area contributed by atoms with E-state index >= 15 is 0 Å². The molecule has 2 aromatic rings. The number of aliphatic hydroxyl groups is 1.